The van der Waals surface area contributed by atoms with Crippen molar-refractivity contribution in [2.45, 2.75) is 50.8 Å². The average Bonchev–Trinajstić information content (AvgIpc) is 2.73. The van der Waals surface area contributed by atoms with Gasteiger partial charge in [-0.25, -0.2) is 17.9 Å². The minimum Gasteiger partial charge on any atom is -0.477 e. The number of rotatable bonds is 7. The van der Waals surface area contributed by atoms with E-state index < -0.39 is 16.0 Å². The molecule has 0 fully saturated rings. The average molecular weight is 319 g/mol. The van der Waals surface area contributed by atoms with Crippen molar-refractivity contribution in [2.75, 3.05) is 0 Å². The lowest BCUT2D eigenvalue weighted by Crippen LogP contribution is -2.37. The third-order valence-electron chi connectivity index (χ3n) is 3.45. The monoisotopic (exact) mass is 319 g/mol. The predicted molar refractivity (Wildman–Crippen MR) is 79.9 cm³/mol. The zero-order valence-electron chi connectivity index (χ0n) is 12.1. The highest BCUT2D eigenvalue weighted by Crippen LogP contribution is 2.26. The third-order valence-corrected chi connectivity index (χ3v) is 6.71. The van der Waals surface area contributed by atoms with E-state index in [1.54, 1.807) is 6.92 Å². The Balaban J connectivity index is 3.00. The molecule has 1 heterocycles. The van der Waals surface area contributed by atoms with Gasteiger partial charge in [0.05, 0.1) is 0 Å². The van der Waals surface area contributed by atoms with Crippen molar-refractivity contribution in [3.63, 3.8) is 0 Å². The van der Waals surface area contributed by atoms with Crippen molar-refractivity contribution in [1.82, 2.24) is 4.72 Å². The van der Waals surface area contributed by atoms with Crippen LogP contribution in [-0.2, 0) is 10.0 Å². The molecule has 1 aromatic heterocycles. The van der Waals surface area contributed by atoms with E-state index in [0.717, 1.165) is 24.2 Å². The number of nitrogens with one attached hydrogen (secondary N) is 1. The Bertz CT molecular complexity index is 573. The maximum Gasteiger partial charge on any atom is 0.346 e. The summed E-state index contributed by atoms with van der Waals surface area (Å²) in [5.41, 5.74) is 0.470. The molecule has 2 N–H and O–H groups in total. The fraction of sp³-hybridized carbons (Fsp3) is 0.615. The van der Waals surface area contributed by atoms with E-state index >= 15 is 0 Å². The molecule has 7 heteroatoms. The smallest absolute Gasteiger partial charge is 0.346 e. The SMILES string of the molecule is CCC(CC)C(C)NS(=O)(=O)c1cc(C)c(C(=O)O)s1. The molecule has 0 saturated heterocycles. The number of hydrogen-bond acceptors (Lipinski definition) is 4. The van der Waals surface area contributed by atoms with E-state index in [-0.39, 0.29) is 21.0 Å². The Morgan fingerprint density at radius 3 is 2.35 bits per heavy atom. The van der Waals surface area contributed by atoms with Crippen LogP contribution in [0, 0.1) is 12.8 Å². The van der Waals surface area contributed by atoms with Crippen LogP contribution in [0.1, 0.15) is 48.8 Å². The summed E-state index contributed by atoms with van der Waals surface area (Å²) in [5.74, 6) is -0.827. The van der Waals surface area contributed by atoms with Gasteiger partial charge in [-0.2, -0.15) is 0 Å². The molecule has 1 aromatic rings. The summed E-state index contributed by atoms with van der Waals surface area (Å²) in [6.45, 7) is 7.49. The lowest BCUT2D eigenvalue weighted by atomic mass is 9.96. The van der Waals surface area contributed by atoms with Crippen molar-refractivity contribution >= 4 is 27.3 Å². The van der Waals surface area contributed by atoms with Crippen LogP contribution in [0.15, 0.2) is 10.3 Å². The van der Waals surface area contributed by atoms with Crippen molar-refractivity contribution < 1.29 is 18.3 Å². The van der Waals surface area contributed by atoms with Gasteiger partial charge in [0.1, 0.15) is 9.09 Å². The van der Waals surface area contributed by atoms with Crippen molar-refractivity contribution in [2.24, 2.45) is 5.92 Å². The van der Waals surface area contributed by atoms with E-state index in [4.69, 9.17) is 5.11 Å². The lowest BCUT2D eigenvalue weighted by molar-refractivity contribution is 0.0701. The fourth-order valence-corrected chi connectivity index (χ4v) is 4.90. The Labute approximate surface area is 124 Å². The summed E-state index contributed by atoms with van der Waals surface area (Å²) >= 11 is 0.793. The topological polar surface area (TPSA) is 83.5 Å². The minimum atomic E-state index is -3.65. The van der Waals surface area contributed by atoms with E-state index in [9.17, 15) is 13.2 Å². The van der Waals surface area contributed by atoms with Crippen LogP contribution < -0.4 is 4.72 Å². The highest BCUT2D eigenvalue weighted by atomic mass is 32.2. The second-order valence-electron chi connectivity index (χ2n) is 4.87. The van der Waals surface area contributed by atoms with E-state index in [2.05, 4.69) is 4.72 Å². The van der Waals surface area contributed by atoms with Crippen LogP contribution in [0.2, 0.25) is 0 Å². The number of hydrogen-bond donors (Lipinski definition) is 2. The molecular formula is C13H21NO4S2. The van der Waals surface area contributed by atoms with Crippen LogP contribution in [0.4, 0.5) is 0 Å². The standard InChI is InChI=1S/C13H21NO4S2/c1-5-10(6-2)9(4)14-20(17,18)11-7-8(3)12(19-11)13(15)16/h7,9-10,14H,5-6H2,1-4H3,(H,15,16). The predicted octanol–water partition coefficient (Wildman–Crippen LogP) is 2.86. The Morgan fingerprint density at radius 1 is 1.40 bits per heavy atom. The van der Waals surface area contributed by atoms with Crippen LogP contribution in [0.3, 0.4) is 0 Å². The number of carbonyl (C=O) groups is 1. The quantitative estimate of drug-likeness (QED) is 0.809. The highest BCUT2D eigenvalue weighted by molar-refractivity contribution is 7.91. The van der Waals surface area contributed by atoms with Crippen LogP contribution in [-0.4, -0.2) is 25.5 Å². The summed E-state index contributed by atoms with van der Waals surface area (Å²) in [4.78, 5) is 11.1. The molecule has 5 nitrogen and oxygen atoms in total. The highest BCUT2D eigenvalue weighted by Gasteiger charge is 2.25. The Kier molecular flexibility index (Phi) is 5.73. The van der Waals surface area contributed by atoms with Crippen LogP contribution in [0.25, 0.3) is 0 Å². The van der Waals surface area contributed by atoms with Gasteiger partial charge >= 0.3 is 5.97 Å². The minimum absolute atomic E-state index is 0.0604. The molecule has 1 atom stereocenters. The van der Waals surface area contributed by atoms with E-state index in [1.165, 1.54) is 6.07 Å². The van der Waals surface area contributed by atoms with Gasteiger partial charge in [-0.05, 0) is 31.4 Å². The molecule has 0 spiro atoms. The molecule has 0 bridgehead atoms. The van der Waals surface area contributed by atoms with Gasteiger partial charge in [0.2, 0.25) is 10.0 Å². The number of aryl methyl sites for hydroxylation is 1. The molecule has 0 aliphatic rings. The number of thiophene rings is 1. The Morgan fingerprint density at radius 2 is 1.95 bits per heavy atom. The van der Waals surface area contributed by atoms with Gasteiger partial charge in [-0.3, -0.25) is 0 Å². The molecular weight excluding hydrogens is 298 g/mol. The second kappa shape index (κ2) is 6.69. The zero-order chi connectivity index (χ0) is 15.5. The number of aromatic carboxylic acids is 1. The summed E-state index contributed by atoms with van der Waals surface area (Å²) in [7, 11) is -3.65. The van der Waals surface area contributed by atoms with E-state index in [1.807, 2.05) is 20.8 Å². The summed E-state index contributed by atoms with van der Waals surface area (Å²) in [6.07, 6.45) is 1.79. The third kappa shape index (κ3) is 3.80. The maximum atomic E-state index is 12.3. The van der Waals surface area contributed by atoms with Crippen LogP contribution in [0.5, 0.6) is 0 Å². The number of carboxylic acids is 1. The number of sulfonamides is 1. The second-order valence-corrected chi connectivity index (χ2v) is 7.86. The van der Waals surface area contributed by atoms with Crippen molar-refractivity contribution in [1.29, 1.82) is 0 Å². The van der Waals surface area contributed by atoms with Gasteiger partial charge in [0, 0.05) is 6.04 Å². The molecule has 1 unspecified atom stereocenters. The van der Waals surface area contributed by atoms with E-state index in [0.29, 0.717) is 5.56 Å². The van der Waals surface area contributed by atoms with Gasteiger partial charge < -0.3 is 5.11 Å². The zero-order valence-corrected chi connectivity index (χ0v) is 13.8. The first-order valence-electron chi connectivity index (χ1n) is 6.58. The molecule has 114 valence electrons. The molecule has 20 heavy (non-hydrogen) atoms. The first kappa shape index (κ1) is 17.1. The molecule has 0 amide bonds. The summed E-state index contributed by atoms with van der Waals surface area (Å²) in [6, 6.07) is 1.24. The summed E-state index contributed by atoms with van der Waals surface area (Å²) in [5, 5.41) is 8.99. The maximum absolute atomic E-state index is 12.3. The first-order chi connectivity index (χ1) is 9.22. The van der Waals surface area contributed by atoms with Crippen molar-refractivity contribution in [3.8, 4) is 0 Å². The molecule has 0 aliphatic carbocycles. The molecule has 0 aliphatic heterocycles. The van der Waals surface area contributed by atoms with Crippen molar-refractivity contribution in [3.05, 3.63) is 16.5 Å². The number of carboxylic acid groups (broad SMARTS) is 1. The lowest BCUT2D eigenvalue weighted by Gasteiger charge is -2.21. The molecule has 1 rings (SSSR count). The van der Waals surface area contributed by atoms with Gasteiger partial charge in [-0.1, -0.05) is 26.7 Å². The normalized spacial score (nSPS) is 13.7. The van der Waals surface area contributed by atoms with Crippen LogP contribution >= 0.6 is 11.3 Å². The fourth-order valence-electron chi connectivity index (χ4n) is 2.19. The molecule has 0 saturated carbocycles. The van der Waals surface area contributed by atoms with Gasteiger partial charge in [0.15, 0.2) is 0 Å². The first-order valence-corrected chi connectivity index (χ1v) is 8.88. The van der Waals surface area contributed by atoms with Gasteiger partial charge in [-0.15, -0.1) is 11.3 Å². The largest absolute Gasteiger partial charge is 0.477 e. The molecule has 0 aromatic carbocycles. The summed E-state index contributed by atoms with van der Waals surface area (Å²) < 4.78 is 27.3. The molecule has 0 radical (unpaired) electrons. The Hall–Kier alpha value is -0.920. The van der Waals surface area contributed by atoms with Gasteiger partial charge in [0.25, 0.3) is 0 Å².